The van der Waals surface area contributed by atoms with Crippen LogP contribution in [0.2, 0.25) is 0 Å². The Hall–Kier alpha value is -2.41. The van der Waals surface area contributed by atoms with E-state index < -0.39 is 0 Å². The molecule has 1 saturated heterocycles. The molecule has 0 spiro atoms. The van der Waals surface area contributed by atoms with E-state index in [-0.39, 0.29) is 18.2 Å². The molecular weight excluding hydrogens is 320 g/mol. The van der Waals surface area contributed by atoms with E-state index in [1.54, 1.807) is 0 Å². The van der Waals surface area contributed by atoms with Crippen molar-refractivity contribution in [1.82, 2.24) is 20.8 Å². The van der Waals surface area contributed by atoms with Gasteiger partial charge in [0.2, 0.25) is 0 Å². The second kappa shape index (κ2) is 8.62. The van der Waals surface area contributed by atoms with Crippen molar-refractivity contribution in [2.24, 2.45) is 0 Å². The summed E-state index contributed by atoms with van der Waals surface area (Å²) in [4.78, 5) is 16.3. The number of nitrogens with one attached hydrogen (secondary N) is 2. The van der Waals surface area contributed by atoms with E-state index in [1.807, 2.05) is 37.3 Å². The third kappa shape index (κ3) is 5.03. The number of rotatable bonds is 6. The Labute approximate surface area is 147 Å². The molecule has 25 heavy (non-hydrogen) atoms. The van der Waals surface area contributed by atoms with E-state index in [4.69, 9.17) is 9.26 Å². The fourth-order valence-corrected chi connectivity index (χ4v) is 2.80. The van der Waals surface area contributed by atoms with Crippen molar-refractivity contribution in [1.29, 1.82) is 0 Å². The first-order chi connectivity index (χ1) is 12.2. The second-order valence-corrected chi connectivity index (χ2v) is 6.22. The first kappa shape index (κ1) is 17.4. The summed E-state index contributed by atoms with van der Waals surface area (Å²) in [6.45, 7) is 3.24. The van der Waals surface area contributed by atoms with Crippen LogP contribution in [0.4, 0.5) is 4.79 Å². The van der Waals surface area contributed by atoms with Crippen LogP contribution in [0.25, 0.3) is 11.5 Å². The Bertz CT molecular complexity index is 668. The summed E-state index contributed by atoms with van der Waals surface area (Å²) in [7, 11) is 0. The SMILES string of the molecule is C[C@@H](NC(=O)NCC[C@H]1CCCCO1)c1noc(-c2ccccc2)n1. The van der Waals surface area contributed by atoms with Crippen molar-refractivity contribution >= 4 is 6.03 Å². The van der Waals surface area contributed by atoms with Crippen molar-refractivity contribution in [3.05, 3.63) is 36.2 Å². The van der Waals surface area contributed by atoms with Gasteiger partial charge in [0.05, 0.1) is 12.1 Å². The Morgan fingerprint density at radius 2 is 2.16 bits per heavy atom. The van der Waals surface area contributed by atoms with Crippen molar-refractivity contribution < 1.29 is 14.1 Å². The zero-order valence-corrected chi connectivity index (χ0v) is 14.4. The number of hydrogen-bond donors (Lipinski definition) is 2. The summed E-state index contributed by atoms with van der Waals surface area (Å²) in [6, 6.07) is 8.95. The van der Waals surface area contributed by atoms with Crippen LogP contribution in [-0.2, 0) is 4.74 Å². The predicted octanol–water partition coefficient (Wildman–Crippen LogP) is 3.06. The average Bonchev–Trinajstić information content (AvgIpc) is 3.14. The second-order valence-electron chi connectivity index (χ2n) is 6.22. The van der Waals surface area contributed by atoms with Crippen LogP contribution >= 0.6 is 0 Å². The van der Waals surface area contributed by atoms with Crippen LogP contribution in [0, 0.1) is 0 Å². The molecule has 1 aromatic heterocycles. The Morgan fingerprint density at radius 3 is 2.92 bits per heavy atom. The minimum atomic E-state index is -0.341. The molecule has 3 rings (SSSR count). The smallest absolute Gasteiger partial charge is 0.315 e. The van der Waals surface area contributed by atoms with Gasteiger partial charge in [0.1, 0.15) is 0 Å². The number of urea groups is 1. The topological polar surface area (TPSA) is 89.3 Å². The number of nitrogens with zero attached hydrogens (tertiary/aromatic N) is 2. The summed E-state index contributed by atoms with van der Waals surface area (Å²) in [6.07, 6.45) is 4.51. The van der Waals surface area contributed by atoms with Gasteiger partial charge in [-0.25, -0.2) is 4.79 Å². The summed E-state index contributed by atoms with van der Waals surface area (Å²) in [5.41, 5.74) is 0.852. The van der Waals surface area contributed by atoms with Gasteiger partial charge in [0.25, 0.3) is 5.89 Å². The van der Waals surface area contributed by atoms with Gasteiger partial charge in [-0.15, -0.1) is 0 Å². The van der Waals surface area contributed by atoms with Crippen LogP contribution < -0.4 is 10.6 Å². The number of amides is 2. The number of hydrogen-bond acceptors (Lipinski definition) is 5. The van der Waals surface area contributed by atoms with Gasteiger partial charge >= 0.3 is 6.03 Å². The molecule has 1 aromatic carbocycles. The lowest BCUT2D eigenvalue weighted by molar-refractivity contribution is 0.0120. The quantitative estimate of drug-likeness (QED) is 0.841. The summed E-state index contributed by atoms with van der Waals surface area (Å²) in [5, 5.41) is 9.63. The molecule has 2 amide bonds. The van der Waals surface area contributed by atoms with E-state index >= 15 is 0 Å². The lowest BCUT2D eigenvalue weighted by Crippen LogP contribution is -2.39. The molecule has 7 heteroatoms. The third-order valence-electron chi connectivity index (χ3n) is 4.22. The van der Waals surface area contributed by atoms with Crippen molar-refractivity contribution in [2.45, 2.75) is 44.8 Å². The van der Waals surface area contributed by atoms with E-state index in [0.717, 1.165) is 31.4 Å². The lowest BCUT2D eigenvalue weighted by atomic mass is 10.1. The molecule has 1 fully saturated rings. The van der Waals surface area contributed by atoms with Gasteiger partial charge in [0, 0.05) is 18.7 Å². The van der Waals surface area contributed by atoms with Gasteiger partial charge in [0.15, 0.2) is 5.82 Å². The molecule has 0 saturated carbocycles. The number of carbonyl (C=O) groups is 1. The molecular formula is C18H24N4O3. The highest BCUT2D eigenvalue weighted by atomic mass is 16.5. The standard InChI is InChI=1S/C18H24N4O3/c1-13(16-21-17(25-22-16)14-7-3-2-4-8-14)20-18(23)19-11-10-15-9-5-6-12-24-15/h2-4,7-8,13,15H,5-6,9-12H2,1H3,(H2,19,20,23)/t13-,15-/m1/s1. The molecule has 134 valence electrons. The van der Waals surface area contributed by atoms with Gasteiger partial charge in [-0.05, 0) is 44.7 Å². The van der Waals surface area contributed by atoms with Gasteiger partial charge in [-0.1, -0.05) is 23.4 Å². The van der Waals surface area contributed by atoms with Crippen molar-refractivity contribution in [3.8, 4) is 11.5 Å². The van der Waals surface area contributed by atoms with Gasteiger partial charge < -0.3 is 19.9 Å². The van der Waals surface area contributed by atoms with Gasteiger partial charge in [-0.2, -0.15) is 4.98 Å². The average molecular weight is 344 g/mol. The molecule has 0 aliphatic carbocycles. The number of carbonyl (C=O) groups excluding carboxylic acids is 1. The molecule has 2 atom stereocenters. The molecule has 0 radical (unpaired) electrons. The molecule has 2 N–H and O–H groups in total. The molecule has 7 nitrogen and oxygen atoms in total. The molecule has 0 unspecified atom stereocenters. The monoisotopic (exact) mass is 344 g/mol. The highest BCUT2D eigenvalue weighted by Gasteiger charge is 2.17. The van der Waals surface area contributed by atoms with E-state index in [9.17, 15) is 4.79 Å². The Balaban J connectivity index is 1.44. The fourth-order valence-electron chi connectivity index (χ4n) is 2.80. The highest BCUT2D eigenvalue weighted by molar-refractivity contribution is 5.74. The van der Waals surface area contributed by atoms with E-state index in [0.29, 0.717) is 18.3 Å². The lowest BCUT2D eigenvalue weighted by Gasteiger charge is -2.22. The molecule has 0 bridgehead atoms. The highest BCUT2D eigenvalue weighted by Crippen LogP contribution is 2.18. The zero-order chi connectivity index (χ0) is 17.5. The Kier molecular flexibility index (Phi) is 6.00. The molecule has 2 aromatic rings. The van der Waals surface area contributed by atoms with E-state index in [2.05, 4.69) is 20.8 Å². The number of ether oxygens (including phenoxy) is 1. The largest absolute Gasteiger partial charge is 0.378 e. The van der Waals surface area contributed by atoms with Crippen molar-refractivity contribution in [3.63, 3.8) is 0 Å². The fraction of sp³-hybridized carbons (Fsp3) is 0.500. The third-order valence-corrected chi connectivity index (χ3v) is 4.22. The maximum absolute atomic E-state index is 12.0. The van der Waals surface area contributed by atoms with Crippen LogP contribution in [0.1, 0.15) is 44.5 Å². The minimum absolute atomic E-state index is 0.241. The number of aromatic nitrogens is 2. The van der Waals surface area contributed by atoms with Crippen LogP contribution in [-0.4, -0.2) is 35.4 Å². The summed E-state index contributed by atoms with van der Waals surface area (Å²) >= 11 is 0. The summed E-state index contributed by atoms with van der Waals surface area (Å²) < 4.78 is 10.9. The van der Waals surface area contributed by atoms with Crippen LogP contribution in [0.5, 0.6) is 0 Å². The molecule has 1 aliphatic rings. The van der Waals surface area contributed by atoms with Crippen molar-refractivity contribution in [2.75, 3.05) is 13.2 Å². The zero-order valence-electron chi connectivity index (χ0n) is 14.4. The normalized spacial score (nSPS) is 18.5. The maximum atomic E-state index is 12.0. The number of benzene rings is 1. The van der Waals surface area contributed by atoms with E-state index in [1.165, 1.54) is 6.42 Å². The van der Waals surface area contributed by atoms with Crippen LogP contribution in [0.3, 0.4) is 0 Å². The minimum Gasteiger partial charge on any atom is -0.378 e. The Morgan fingerprint density at radius 1 is 1.32 bits per heavy atom. The van der Waals surface area contributed by atoms with Gasteiger partial charge in [-0.3, -0.25) is 0 Å². The predicted molar refractivity (Wildman–Crippen MR) is 92.9 cm³/mol. The first-order valence-corrected chi connectivity index (χ1v) is 8.77. The maximum Gasteiger partial charge on any atom is 0.315 e. The first-order valence-electron chi connectivity index (χ1n) is 8.77. The summed E-state index contributed by atoms with van der Waals surface area (Å²) in [5.74, 6) is 0.892. The van der Waals surface area contributed by atoms with Crippen LogP contribution in [0.15, 0.2) is 34.9 Å². The molecule has 2 heterocycles. The molecule has 1 aliphatic heterocycles.